The van der Waals surface area contributed by atoms with Crippen LogP contribution in [0.4, 0.5) is 4.79 Å². The second-order valence-electron chi connectivity index (χ2n) is 7.93. The van der Waals surface area contributed by atoms with E-state index in [4.69, 9.17) is 9.47 Å². The maximum atomic E-state index is 13.2. The van der Waals surface area contributed by atoms with Gasteiger partial charge in [-0.25, -0.2) is 14.5 Å². The van der Waals surface area contributed by atoms with Gasteiger partial charge < -0.3 is 9.47 Å². The lowest BCUT2D eigenvalue weighted by Crippen LogP contribution is -2.56. The topological polar surface area (TPSA) is 72.9 Å². The average molecular weight is 475 g/mol. The Hall–Kier alpha value is -1.64. The molecule has 0 aliphatic rings. The van der Waals surface area contributed by atoms with E-state index >= 15 is 0 Å². The summed E-state index contributed by atoms with van der Waals surface area (Å²) in [7, 11) is 1.23. The quantitative estimate of drug-likeness (QED) is 0.483. The van der Waals surface area contributed by atoms with E-state index in [0.717, 1.165) is 4.90 Å². The van der Waals surface area contributed by atoms with Crippen molar-refractivity contribution < 1.29 is 23.9 Å². The van der Waals surface area contributed by atoms with Crippen molar-refractivity contribution in [1.82, 2.24) is 4.90 Å². The van der Waals surface area contributed by atoms with Crippen molar-refractivity contribution >= 4 is 40.6 Å². The van der Waals surface area contributed by atoms with Gasteiger partial charge in [0.15, 0.2) is 0 Å². The molecule has 1 aromatic carbocycles. The third-order valence-electron chi connectivity index (χ3n) is 3.42. The number of esters is 1. The Labute approximate surface area is 168 Å². The van der Waals surface area contributed by atoms with Crippen molar-refractivity contribution in [3.05, 3.63) is 33.4 Å². The molecule has 26 heavy (non-hydrogen) atoms. The minimum Gasteiger partial charge on any atom is -0.467 e. The molecule has 0 N–H and O–H groups in total. The summed E-state index contributed by atoms with van der Waals surface area (Å²) in [6.45, 7) is 10.4. The third kappa shape index (κ3) is 5.69. The van der Waals surface area contributed by atoms with E-state index in [-0.39, 0.29) is 0 Å². The Bertz CT molecular complexity index is 688. The van der Waals surface area contributed by atoms with Crippen molar-refractivity contribution in [2.24, 2.45) is 5.41 Å². The highest BCUT2D eigenvalue weighted by Gasteiger charge is 2.45. The Morgan fingerprint density at radius 1 is 1.04 bits per heavy atom. The zero-order valence-electron chi connectivity index (χ0n) is 16.3. The van der Waals surface area contributed by atoms with Crippen LogP contribution in [0.1, 0.15) is 51.9 Å². The summed E-state index contributed by atoms with van der Waals surface area (Å²) in [6, 6.07) is 5.72. The number of carbonyl (C=O) groups is 3. The van der Waals surface area contributed by atoms with Gasteiger partial charge in [-0.05, 0) is 60.9 Å². The molecule has 7 heteroatoms. The maximum Gasteiger partial charge on any atom is 0.418 e. The number of ether oxygens (including phenoxy) is 2. The van der Waals surface area contributed by atoms with Crippen LogP contribution in [0.5, 0.6) is 0 Å². The molecule has 0 unspecified atom stereocenters. The van der Waals surface area contributed by atoms with E-state index in [1.807, 2.05) is 22.6 Å². The summed E-state index contributed by atoms with van der Waals surface area (Å²) < 4.78 is 11.0. The van der Waals surface area contributed by atoms with E-state index in [9.17, 15) is 14.4 Å². The van der Waals surface area contributed by atoms with Crippen molar-refractivity contribution in [1.29, 1.82) is 0 Å². The molecule has 0 saturated carbocycles. The van der Waals surface area contributed by atoms with Crippen molar-refractivity contribution in [2.45, 2.75) is 53.2 Å². The summed E-state index contributed by atoms with van der Waals surface area (Å²) in [5.74, 6) is -1.28. The zero-order chi connectivity index (χ0) is 20.3. The number of rotatable bonds is 3. The Morgan fingerprint density at radius 2 is 1.58 bits per heavy atom. The number of halogens is 1. The van der Waals surface area contributed by atoms with Gasteiger partial charge in [0.2, 0.25) is 0 Å². The molecule has 0 heterocycles. The molecule has 6 nitrogen and oxygen atoms in total. The summed E-state index contributed by atoms with van der Waals surface area (Å²) in [5, 5.41) is 0. The average Bonchev–Trinajstić information content (AvgIpc) is 2.48. The van der Waals surface area contributed by atoms with Crippen LogP contribution in [-0.4, -0.2) is 41.6 Å². The van der Waals surface area contributed by atoms with Crippen LogP contribution in [0.3, 0.4) is 0 Å². The highest BCUT2D eigenvalue weighted by atomic mass is 127. The van der Waals surface area contributed by atoms with Crippen LogP contribution in [-0.2, 0) is 14.3 Å². The highest BCUT2D eigenvalue weighted by molar-refractivity contribution is 14.1. The molecule has 0 radical (unpaired) electrons. The van der Waals surface area contributed by atoms with Gasteiger partial charge in [0.1, 0.15) is 11.6 Å². The lowest BCUT2D eigenvalue weighted by molar-refractivity contribution is -0.149. The van der Waals surface area contributed by atoms with Gasteiger partial charge in [-0.3, -0.25) is 4.79 Å². The second-order valence-corrected chi connectivity index (χ2v) is 9.09. The Kier molecular flexibility index (Phi) is 7.21. The summed E-state index contributed by atoms with van der Waals surface area (Å²) in [6.07, 6.45) is -0.882. The SMILES string of the molecule is COC(=O)[C@@H](N(C(=O)OC(C)(C)C)C(=O)c1ccccc1I)C(C)(C)C. The fraction of sp³-hybridized carbons (Fsp3) is 0.526. The Morgan fingerprint density at radius 3 is 2.00 bits per heavy atom. The van der Waals surface area contributed by atoms with E-state index < -0.39 is 35.0 Å². The van der Waals surface area contributed by atoms with Crippen LogP contribution >= 0.6 is 22.6 Å². The molecule has 0 aliphatic carbocycles. The monoisotopic (exact) mass is 475 g/mol. The molecule has 0 saturated heterocycles. The van der Waals surface area contributed by atoms with Crippen LogP contribution in [0.25, 0.3) is 0 Å². The number of imide groups is 1. The van der Waals surface area contributed by atoms with E-state index in [1.54, 1.807) is 65.8 Å². The normalized spacial score (nSPS) is 12.9. The first-order valence-corrected chi connectivity index (χ1v) is 9.26. The third-order valence-corrected chi connectivity index (χ3v) is 4.36. The fourth-order valence-electron chi connectivity index (χ4n) is 2.34. The van der Waals surface area contributed by atoms with Gasteiger partial charge in [-0.15, -0.1) is 0 Å². The minimum absolute atomic E-state index is 0.317. The molecule has 0 fully saturated rings. The maximum absolute atomic E-state index is 13.2. The standard InChI is InChI=1S/C19H26INO5/c1-18(2,3)14(16(23)25-7)21(17(24)26-19(4,5)6)15(22)12-10-8-9-11-13(12)20/h8-11,14H,1-7H3/t14-/m1/s1. The molecule has 144 valence electrons. The van der Waals surface area contributed by atoms with E-state index in [1.165, 1.54) is 7.11 Å². The first-order chi connectivity index (χ1) is 11.8. The van der Waals surface area contributed by atoms with Crippen LogP contribution in [0, 0.1) is 8.99 Å². The molecule has 0 bridgehead atoms. The Balaban J connectivity index is 3.51. The number of amides is 2. The zero-order valence-corrected chi connectivity index (χ0v) is 18.4. The second kappa shape index (κ2) is 8.37. The van der Waals surface area contributed by atoms with Crippen LogP contribution < -0.4 is 0 Å². The van der Waals surface area contributed by atoms with Gasteiger partial charge >= 0.3 is 12.1 Å². The highest BCUT2D eigenvalue weighted by Crippen LogP contribution is 2.29. The summed E-state index contributed by atoms with van der Waals surface area (Å²) >= 11 is 2.02. The van der Waals surface area contributed by atoms with Crippen molar-refractivity contribution in [2.75, 3.05) is 7.11 Å². The van der Waals surface area contributed by atoms with Gasteiger partial charge in [-0.1, -0.05) is 32.9 Å². The van der Waals surface area contributed by atoms with Crippen LogP contribution in [0.2, 0.25) is 0 Å². The molecule has 2 amide bonds. The largest absolute Gasteiger partial charge is 0.467 e. The molecule has 1 aromatic rings. The van der Waals surface area contributed by atoms with Crippen molar-refractivity contribution in [3.8, 4) is 0 Å². The molecule has 0 aromatic heterocycles. The summed E-state index contributed by atoms with van der Waals surface area (Å²) in [4.78, 5) is 39.4. The molecular formula is C19H26INO5. The van der Waals surface area contributed by atoms with Crippen LogP contribution in [0.15, 0.2) is 24.3 Å². The number of hydrogen-bond acceptors (Lipinski definition) is 5. The van der Waals surface area contributed by atoms with Gasteiger partial charge in [-0.2, -0.15) is 0 Å². The molecule has 0 aliphatic heterocycles. The summed E-state index contributed by atoms with van der Waals surface area (Å²) in [5.41, 5.74) is -1.25. The number of nitrogens with zero attached hydrogens (tertiary/aromatic N) is 1. The smallest absolute Gasteiger partial charge is 0.418 e. The number of carbonyl (C=O) groups excluding carboxylic acids is 3. The number of benzene rings is 1. The van der Waals surface area contributed by atoms with E-state index in [2.05, 4.69) is 0 Å². The first kappa shape index (κ1) is 22.4. The van der Waals surface area contributed by atoms with Gasteiger partial charge in [0.05, 0.1) is 12.7 Å². The lowest BCUT2D eigenvalue weighted by atomic mass is 9.85. The number of methoxy groups -OCH3 is 1. The lowest BCUT2D eigenvalue weighted by Gasteiger charge is -2.37. The molecular weight excluding hydrogens is 449 g/mol. The first-order valence-electron chi connectivity index (χ1n) is 8.18. The molecule has 1 rings (SSSR count). The van der Waals surface area contributed by atoms with E-state index in [0.29, 0.717) is 9.13 Å². The predicted molar refractivity (Wildman–Crippen MR) is 107 cm³/mol. The minimum atomic E-state index is -1.13. The fourth-order valence-corrected chi connectivity index (χ4v) is 2.96. The van der Waals surface area contributed by atoms with Gasteiger partial charge in [0.25, 0.3) is 5.91 Å². The predicted octanol–water partition coefficient (Wildman–Crippen LogP) is 4.26. The molecule has 1 atom stereocenters. The van der Waals surface area contributed by atoms with Gasteiger partial charge in [0, 0.05) is 3.57 Å². The number of hydrogen-bond donors (Lipinski definition) is 0. The molecule has 0 spiro atoms. The van der Waals surface area contributed by atoms with Crippen molar-refractivity contribution in [3.63, 3.8) is 0 Å².